The van der Waals surface area contributed by atoms with Crippen LogP contribution >= 0.6 is 11.3 Å². The molecule has 1 saturated carbocycles. The number of rotatable bonds is 9. The van der Waals surface area contributed by atoms with E-state index in [0.29, 0.717) is 42.4 Å². The summed E-state index contributed by atoms with van der Waals surface area (Å²) in [6.07, 6.45) is 1.49. The van der Waals surface area contributed by atoms with Gasteiger partial charge >= 0.3 is 0 Å². The van der Waals surface area contributed by atoms with E-state index >= 15 is 0 Å². The van der Waals surface area contributed by atoms with Crippen molar-refractivity contribution in [1.82, 2.24) is 10.3 Å². The summed E-state index contributed by atoms with van der Waals surface area (Å²) < 4.78 is 10.2. The summed E-state index contributed by atoms with van der Waals surface area (Å²) in [6.45, 7) is 4.80. The second kappa shape index (κ2) is 11.1. The third kappa shape index (κ3) is 5.25. The third-order valence-corrected chi connectivity index (χ3v) is 9.49. The molecule has 2 aromatic rings. The van der Waals surface area contributed by atoms with Crippen LogP contribution < -0.4 is 15.4 Å². The Morgan fingerprint density at radius 1 is 1.22 bits per heavy atom. The number of methoxy groups -OCH3 is 2. The molecule has 5 atom stereocenters. The van der Waals surface area contributed by atoms with Crippen LogP contribution in [0, 0.1) is 16.7 Å². The van der Waals surface area contributed by atoms with E-state index in [1.807, 2.05) is 6.92 Å². The quantitative estimate of drug-likeness (QED) is 0.366. The fourth-order valence-corrected chi connectivity index (χ4v) is 7.22. The van der Waals surface area contributed by atoms with Gasteiger partial charge in [0, 0.05) is 41.8 Å². The lowest BCUT2D eigenvalue weighted by molar-refractivity contribution is -0.144. The number of carbonyl (C=O) groups is 2. The first kappa shape index (κ1) is 27.5. The van der Waals surface area contributed by atoms with Crippen molar-refractivity contribution in [2.75, 3.05) is 39.3 Å². The lowest BCUT2D eigenvalue weighted by atomic mass is 9.47. The second-order valence-electron chi connectivity index (χ2n) is 10.6. The zero-order valence-corrected chi connectivity index (χ0v) is 22.7. The highest BCUT2D eigenvalue weighted by molar-refractivity contribution is 7.15. The van der Waals surface area contributed by atoms with E-state index < -0.39 is 11.5 Å². The molecular formula is C27H37N3O6S. The molecule has 0 radical (unpaired) electrons. The smallest absolute Gasteiger partial charge is 0.257 e. The highest BCUT2D eigenvalue weighted by Crippen LogP contribution is 2.62. The maximum Gasteiger partial charge on any atom is 0.257 e. The van der Waals surface area contributed by atoms with Crippen molar-refractivity contribution in [2.45, 2.75) is 51.6 Å². The van der Waals surface area contributed by atoms with Gasteiger partial charge < -0.3 is 25.0 Å². The Balaban J connectivity index is 1.65. The Hall–Kier alpha value is -2.53. The molecule has 0 aliphatic heterocycles. The Morgan fingerprint density at radius 2 is 1.95 bits per heavy atom. The lowest BCUT2D eigenvalue weighted by Gasteiger charge is -2.58. The van der Waals surface area contributed by atoms with E-state index in [4.69, 9.17) is 14.5 Å². The number of carbonyl (C=O) groups excluding carboxylic acids is 2. The molecule has 1 aromatic heterocycles. The molecule has 1 heterocycles. The van der Waals surface area contributed by atoms with Gasteiger partial charge in [-0.05, 0) is 54.9 Å². The number of fused-ring (bicyclic) bond motifs is 2. The largest absolute Gasteiger partial charge is 0.497 e. The minimum absolute atomic E-state index is 0.0522. The first-order valence-electron chi connectivity index (χ1n) is 12.7. The molecule has 2 amide bonds. The number of aliphatic hydroxyl groups is 2. The van der Waals surface area contributed by atoms with Crippen LogP contribution in [0.4, 0.5) is 5.13 Å². The van der Waals surface area contributed by atoms with Gasteiger partial charge in [-0.25, -0.2) is 4.98 Å². The molecule has 0 unspecified atom stereocenters. The summed E-state index contributed by atoms with van der Waals surface area (Å²) in [5.74, 6) is 0.0249. The number of nitrogens with one attached hydrogen (secondary N) is 2. The first-order chi connectivity index (χ1) is 17.7. The standard InChI is InChI=1S/C27H37N3O6S/c1-26-10-9-21(32)27(2,15-31)20(26)14-19-23(18(26)13-22(33)28-11-12-35-3)29-25(37-19)30-24(34)16-5-7-17(36-4)8-6-16/h5-8,18,20-21,31-32H,9-15H2,1-4H3,(H,28,33)(H,29,30,34)/t18-,20+,21-,26+,27+/m1/s1. The minimum Gasteiger partial charge on any atom is -0.497 e. The van der Waals surface area contributed by atoms with E-state index in [2.05, 4.69) is 17.6 Å². The molecule has 1 aromatic carbocycles. The van der Waals surface area contributed by atoms with Crippen molar-refractivity contribution in [1.29, 1.82) is 0 Å². The normalized spacial score (nSPS) is 28.6. The number of ether oxygens (including phenoxy) is 2. The second-order valence-corrected chi connectivity index (χ2v) is 11.7. The number of hydrogen-bond donors (Lipinski definition) is 4. The molecule has 9 nitrogen and oxygen atoms in total. The number of amides is 2. The third-order valence-electron chi connectivity index (χ3n) is 8.48. The van der Waals surface area contributed by atoms with Gasteiger partial charge in [0.15, 0.2) is 5.13 Å². The van der Waals surface area contributed by atoms with Gasteiger partial charge in [0.05, 0.1) is 32.1 Å². The monoisotopic (exact) mass is 531 g/mol. The number of benzene rings is 1. The summed E-state index contributed by atoms with van der Waals surface area (Å²) in [4.78, 5) is 31.7. The SMILES string of the molecule is COCCNC(=O)C[C@@H]1c2nc(NC(=O)c3ccc(OC)cc3)sc2C[C@@H]2[C@](C)(CO)[C@H](O)CC[C@]21C. The van der Waals surface area contributed by atoms with E-state index in [1.165, 1.54) is 11.3 Å². The van der Waals surface area contributed by atoms with Crippen molar-refractivity contribution in [3.05, 3.63) is 40.4 Å². The molecule has 4 N–H and O–H groups in total. The Bertz CT molecular complexity index is 1120. The van der Waals surface area contributed by atoms with E-state index in [9.17, 15) is 19.8 Å². The Morgan fingerprint density at radius 3 is 2.59 bits per heavy atom. The predicted molar refractivity (Wildman–Crippen MR) is 141 cm³/mol. The summed E-state index contributed by atoms with van der Waals surface area (Å²) in [5, 5.41) is 27.6. The average Bonchev–Trinajstić information content (AvgIpc) is 3.29. The maximum absolute atomic E-state index is 13.0. The molecular weight excluding hydrogens is 494 g/mol. The van der Waals surface area contributed by atoms with E-state index in [1.54, 1.807) is 38.5 Å². The fraction of sp³-hybridized carbons (Fsp3) is 0.593. The van der Waals surface area contributed by atoms with Crippen LogP contribution in [0.2, 0.25) is 0 Å². The first-order valence-corrected chi connectivity index (χ1v) is 13.5. The predicted octanol–water partition coefficient (Wildman–Crippen LogP) is 2.97. The molecule has 0 saturated heterocycles. The van der Waals surface area contributed by atoms with Gasteiger partial charge in [-0.3, -0.25) is 14.9 Å². The van der Waals surface area contributed by atoms with Crippen molar-refractivity contribution in [3.63, 3.8) is 0 Å². The molecule has 2 aliphatic carbocycles. The fourth-order valence-electron chi connectivity index (χ4n) is 6.16. The van der Waals surface area contributed by atoms with Crippen molar-refractivity contribution in [2.24, 2.45) is 16.7 Å². The number of thiazole rings is 1. The van der Waals surface area contributed by atoms with Crippen LogP contribution in [-0.2, 0) is 16.0 Å². The Kier molecular flexibility index (Phi) is 8.23. The van der Waals surface area contributed by atoms with Crippen LogP contribution in [-0.4, -0.2) is 67.1 Å². The van der Waals surface area contributed by atoms with E-state index in [-0.39, 0.29) is 42.1 Å². The van der Waals surface area contributed by atoms with Crippen LogP contribution in [0.1, 0.15) is 60.0 Å². The maximum atomic E-state index is 13.0. The van der Waals surface area contributed by atoms with Crippen LogP contribution in [0.5, 0.6) is 5.75 Å². The molecule has 202 valence electrons. The zero-order valence-electron chi connectivity index (χ0n) is 21.9. The number of hydrogen-bond acceptors (Lipinski definition) is 8. The number of nitrogens with zero attached hydrogens (tertiary/aromatic N) is 1. The van der Waals surface area contributed by atoms with Crippen LogP contribution in [0.25, 0.3) is 0 Å². The number of aliphatic hydroxyl groups excluding tert-OH is 2. The molecule has 10 heteroatoms. The van der Waals surface area contributed by atoms with Crippen LogP contribution in [0.15, 0.2) is 24.3 Å². The van der Waals surface area contributed by atoms with Crippen LogP contribution in [0.3, 0.4) is 0 Å². The summed E-state index contributed by atoms with van der Waals surface area (Å²) >= 11 is 1.40. The van der Waals surface area contributed by atoms with Crippen molar-refractivity contribution >= 4 is 28.3 Å². The van der Waals surface area contributed by atoms with Crippen molar-refractivity contribution in [3.8, 4) is 5.75 Å². The summed E-state index contributed by atoms with van der Waals surface area (Å²) in [6, 6.07) is 6.84. The van der Waals surface area contributed by atoms with Crippen molar-refractivity contribution < 1.29 is 29.3 Å². The van der Waals surface area contributed by atoms with Gasteiger partial charge in [-0.15, -0.1) is 11.3 Å². The van der Waals surface area contributed by atoms with E-state index in [0.717, 1.165) is 17.0 Å². The molecule has 37 heavy (non-hydrogen) atoms. The summed E-state index contributed by atoms with van der Waals surface area (Å²) in [7, 11) is 3.16. The molecule has 4 rings (SSSR count). The topological polar surface area (TPSA) is 130 Å². The molecule has 1 fully saturated rings. The van der Waals surface area contributed by atoms with Gasteiger partial charge in [0.2, 0.25) is 5.91 Å². The van der Waals surface area contributed by atoms with Gasteiger partial charge in [0.1, 0.15) is 5.75 Å². The minimum atomic E-state index is -0.702. The summed E-state index contributed by atoms with van der Waals surface area (Å²) in [5.41, 5.74) is 0.256. The van der Waals surface area contributed by atoms with Gasteiger partial charge in [0.25, 0.3) is 5.91 Å². The molecule has 0 spiro atoms. The number of aromatic nitrogens is 1. The van der Waals surface area contributed by atoms with Gasteiger partial charge in [-0.2, -0.15) is 0 Å². The molecule has 2 aliphatic rings. The highest BCUT2D eigenvalue weighted by Gasteiger charge is 2.59. The zero-order chi connectivity index (χ0) is 26.8. The lowest BCUT2D eigenvalue weighted by Crippen LogP contribution is -2.57. The highest BCUT2D eigenvalue weighted by atomic mass is 32.1. The average molecular weight is 532 g/mol. The Labute approximate surface area is 221 Å². The van der Waals surface area contributed by atoms with Gasteiger partial charge in [-0.1, -0.05) is 13.8 Å². The molecule has 0 bridgehead atoms. The number of anilines is 1.